The summed E-state index contributed by atoms with van der Waals surface area (Å²) >= 11 is 5.94. The molecule has 0 aliphatic heterocycles. The van der Waals surface area contributed by atoms with Crippen LogP contribution in [0.25, 0.3) is 0 Å². The SMILES string of the molecule is C[CH]CCC(Cl)CCC. The average molecular weight is 148 g/mol. The molecule has 0 rings (SSSR count). The highest BCUT2D eigenvalue weighted by molar-refractivity contribution is 6.20. The molecule has 1 unspecified atom stereocenters. The van der Waals surface area contributed by atoms with Gasteiger partial charge in [-0.1, -0.05) is 20.3 Å². The van der Waals surface area contributed by atoms with Crippen LogP contribution in [0.15, 0.2) is 0 Å². The molecule has 0 heterocycles. The summed E-state index contributed by atoms with van der Waals surface area (Å²) in [5.41, 5.74) is 0. The summed E-state index contributed by atoms with van der Waals surface area (Å²) in [6.45, 7) is 4.25. The highest BCUT2D eigenvalue weighted by Gasteiger charge is 2.00. The van der Waals surface area contributed by atoms with Gasteiger partial charge in [0.2, 0.25) is 0 Å². The molecule has 1 atom stereocenters. The van der Waals surface area contributed by atoms with Gasteiger partial charge >= 0.3 is 0 Å². The number of alkyl halides is 1. The lowest BCUT2D eigenvalue weighted by atomic mass is 10.1. The molecule has 0 bridgehead atoms. The largest absolute Gasteiger partial charge is 0.123 e. The second kappa shape index (κ2) is 6.41. The van der Waals surface area contributed by atoms with E-state index in [4.69, 9.17) is 11.6 Å². The quantitative estimate of drug-likeness (QED) is 0.523. The smallest absolute Gasteiger partial charge is 0.0336 e. The van der Waals surface area contributed by atoms with Gasteiger partial charge in [-0.15, -0.1) is 11.6 Å². The molecule has 55 valence electrons. The van der Waals surface area contributed by atoms with Gasteiger partial charge < -0.3 is 0 Å². The van der Waals surface area contributed by atoms with E-state index in [0.717, 1.165) is 19.3 Å². The lowest BCUT2D eigenvalue weighted by Crippen LogP contribution is -1.96. The Morgan fingerprint density at radius 3 is 2.56 bits per heavy atom. The molecule has 0 saturated heterocycles. The monoisotopic (exact) mass is 147 g/mol. The summed E-state index contributed by atoms with van der Waals surface area (Å²) in [6, 6.07) is 0. The minimum atomic E-state index is 0.409. The third kappa shape index (κ3) is 6.17. The molecule has 0 spiro atoms. The molecule has 0 aromatic heterocycles. The van der Waals surface area contributed by atoms with E-state index >= 15 is 0 Å². The molecular weight excluding hydrogens is 132 g/mol. The fourth-order valence-electron chi connectivity index (χ4n) is 0.805. The maximum atomic E-state index is 5.94. The van der Waals surface area contributed by atoms with Crippen LogP contribution in [0.3, 0.4) is 0 Å². The highest BCUT2D eigenvalue weighted by Crippen LogP contribution is 2.12. The van der Waals surface area contributed by atoms with E-state index in [9.17, 15) is 0 Å². The zero-order chi connectivity index (χ0) is 7.11. The normalized spacial score (nSPS) is 13.7. The molecule has 1 radical (unpaired) electrons. The van der Waals surface area contributed by atoms with Gasteiger partial charge in [0, 0.05) is 5.38 Å². The van der Waals surface area contributed by atoms with Crippen LogP contribution in [0.2, 0.25) is 0 Å². The van der Waals surface area contributed by atoms with Crippen molar-refractivity contribution in [3.05, 3.63) is 6.42 Å². The van der Waals surface area contributed by atoms with Crippen molar-refractivity contribution < 1.29 is 0 Å². The van der Waals surface area contributed by atoms with Crippen LogP contribution in [0.4, 0.5) is 0 Å². The van der Waals surface area contributed by atoms with Gasteiger partial charge in [-0.25, -0.2) is 0 Å². The summed E-state index contributed by atoms with van der Waals surface area (Å²) < 4.78 is 0. The van der Waals surface area contributed by atoms with E-state index in [2.05, 4.69) is 20.3 Å². The Morgan fingerprint density at radius 2 is 2.11 bits per heavy atom. The Balaban J connectivity index is 2.95. The summed E-state index contributed by atoms with van der Waals surface area (Å²) in [7, 11) is 0. The van der Waals surface area contributed by atoms with Gasteiger partial charge in [0.15, 0.2) is 0 Å². The molecule has 1 heteroatoms. The molecule has 0 fully saturated rings. The number of unbranched alkanes of at least 4 members (excludes halogenated alkanes) is 1. The van der Waals surface area contributed by atoms with E-state index in [1.165, 1.54) is 6.42 Å². The highest BCUT2D eigenvalue weighted by atomic mass is 35.5. The van der Waals surface area contributed by atoms with Crippen LogP contribution in [-0.4, -0.2) is 5.38 Å². The first-order valence-electron chi connectivity index (χ1n) is 3.73. The number of hydrogen-bond donors (Lipinski definition) is 0. The van der Waals surface area contributed by atoms with Gasteiger partial charge in [0.25, 0.3) is 0 Å². The Labute approximate surface area is 63.6 Å². The molecule has 0 aromatic carbocycles. The minimum Gasteiger partial charge on any atom is -0.123 e. The predicted molar refractivity (Wildman–Crippen MR) is 43.8 cm³/mol. The van der Waals surface area contributed by atoms with Gasteiger partial charge in [-0.2, -0.15) is 0 Å². The predicted octanol–water partition coefficient (Wildman–Crippen LogP) is 3.40. The number of halogens is 1. The zero-order valence-corrected chi connectivity index (χ0v) is 7.12. The van der Waals surface area contributed by atoms with Crippen LogP contribution < -0.4 is 0 Å². The van der Waals surface area contributed by atoms with E-state index in [-0.39, 0.29) is 0 Å². The van der Waals surface area contributed by atoms with E-state index in [1.54, 1.807) is 0 Å². The van der Waals surface area contributed by atoms with Gasteiger partial charge in [0.1, 0.15) is 0 Å². The summed E-state index contributed by atoms with van der Waals surface area (Å²) in [4.78, 5) is 0. The Hall–Kier alpha value is 0.290. The summed E-state index contributed by atoms with van der Waals surface area (Å²) in [5, 5.41) is 0.409. The van der Waals surface area contributed by atoms with Crippen molar-refractivity contribution in [2.75, 3.05) is 0 Å². The van der Waals surface area contributed by atoms with Crippen LogP contribution >= 0.6 is 11.6 Å². The fourth-order valence-corrected chi connectivity index (χ4v) is 1.15. The fraction of sp³-hybridized carbons (Fsp3) is 0.875. The first-order valence-corrected chi connectivity index (χ1v) is 4.16. The minimum absolute atomic E-state index is 0.409. The molecule has 0 N–H and O–H groups in total. The average Bonchev–Trinajstić information content (AvgIpc) is 1.85. The molecule has 9 heavy (non-hydrogen) atoms. The van der Waals surface area contributed by atoms with Crippen molar-refractivity contribution in [3.63, 3.8) is 0 Å². The molecule has 0 aromatic rings. The van der Waals surface area contributed by atoms with Crippen molar-refractivity contribution in [1.29, 1.82) is 0 Å². The Bertz CT molecular complexity index is 52.5. The van der Waals surface area contributed by atoms with Gasteiger partial charge in [-0.3, -0.25) is 0 Å². The standard InChI is InChI=1S/C8H16Cl/c1-3-5-7-8(9)6-4-2/h3,8H,4-7H2,1-2H3. The molecule has 0 aliphatic rings. The first kappa shape index (κ1) is 9.29. The summed E-state index contributed by atoms with van der Waals surface area (Å²) in [5.74, 6) is 0. The lowest BCUT2D eigenvalue weighted by molar-refractivity contribution is 0.671. The topological polar surface area (TPSA) is 0 Å². The lowest BCUT2D eigenvalue weighted by Gasteiger charge is -2.04. The van der Waals surface area contributed by atoms with E-state index in [1.807, 2.05) is 0 Å². The first-order chi connectivity index (χ1) is 4.31. The molecule has 0 nitrogen and oxygen atoms in total. The maximum absolute atomic E-state index is 5.94. The Kier molecular flexibility index (Phi) is 6.62. The molecule has 0 saturated carbocycles. The number of hydrogen-bond acceptors (Lipinski definition) is 0. The van der Waals surface area contributed by atoms with Crippen LogP contribution in [0.5, 0.6) is 0 Å². The number of rotatable bonds is 5. The van der Waals surface area contributed by atoms with Crippen LogP contribution in [0.1, 0.15) is 39.5 Å². The summed E-state index contributed by atoms with van der Waals surface area (Å²) in [6.07, 6.45) is 6.85. The van der Waals surface area contributed by atoms with Crippen LogP contribution in [0, 0.1) is 6.42 Å². The van der Waals surface area contributed by atoms with Crippen LogP contribution in [-0.2, 0) is 0 Å². The van der Waals surface area contributed by atoms with Crippen molar-refractivity contribution in [3.8, 4) is 0 Å². The second-order valence-electron chi connectivity index (χ2n) is 2.37. The van der Waals surface area contributed by atoms with E-state index in [0.29, 0.717) is 5.38 Å². The second-order valence-corrected chi connectivity index (χ2v) is 2.99. The van der Waals surface area contributed by atoms with Crippen molar-refractivity contribution in [2.24, 2.45) is 0 Å². The third-order valence-electron chi connectivity index (χ3n) is 1.37. The van der Waals surface area contributed by atoms with Crippen molar-refractivity contribution in [2.45, 2.75) is 44.9 Å². The van der Waals surface area contributed by atoms with Crippen molar-refractivity contribution in [1.82, 2.24) is 0 Å². The third-order valence-corrected chi connectivity index (χ3v) is 1.81. The maximum Gasteiger partial charge on any atom is 0.0336 e. The van der Waals surface area contributed by atoms with Gasteiger partial charge in [-0.05, 0) is 25.7 Å². The molecular formula is C8H16Cl. The Morgan fingerprint density at radius 1 is 1.44 bits per heavy atom. The van der Waals surface area contributed by atoms with Gasteiger partial charge in [0.05, 0.1) is 0 Å². The van der Waals surface area contributed by atoms with E-state index < -0.39 is 0 Å². The molecule has 0 amide bonds. The molecule has 0 aliphatic carbocycles. The zero-order valence-electron chi connectivity index (χ0n) is 6.36. The van der Waals surface area contributed by atoms with Crippen molar-refractivity contribution >= 4 is 11.6 Å².